The Labute approximate surface area is 286 Å². The molecular formula is C32H31ClN6O8S2. The van der Waals surface area contributed by atoms with Crippen LogP contribution < -0.4 is 0 Å². The van der Waals surface area contributed by atoms with Crippen molar-refractivity contribution in [1.82, 2.24) is 29.3 Å². The van der Waals surface area contributed by atoms with Gasteiger partial charge >= 0.3 is 5.97 Å². The maximum Gasteiger partial charge on any atom is 0.339 e. The summed E-state index contributed by atoms with van der Waals surface area (Å²) in [5, 5.41) is 22.5. The summed E-state index contributed by atoms with van der Waals surface area (Å²) in [6.45, 7) is 4.94. The molecule has 0 saturated heterocycles. The van der Waals surface area contributed by atoms with Crippen molar-refractivity contribution in [2.45, 2.75) is 37.1 Å². The lowest BCUT2D eigenvalue weighted by molar-refractivity contribution is 0.0696. The minimum Gasteiger partial charge on any atom is -0.478 e. The number of benzene rings is 2. The Hall–Kier alpha value is -4.93. The largest absolute Gasteiger partial charge is 0.478 e. The fourth-order valence-electron chi connectivity index (χ4n) is 5.76. The number of aryl methyl sites for hydroxylation is 5. The summed E-state index contributed by atoms with van der Waals surface area (Å²) in [6.07, 6.45) is 3.16. The minimum atomic E-state index is -3.88. The second-order valence-corrected chi connectivity index (χ2v) is 16.0. The Kier molecular flexibility index (Phi) is 9.03. The average molecular weight is 727 g/mol. The van der Waals surface area contributed by atoms with Gasteiger partial charge in [-0.15, -0.1) is 0 Å². The predicted molar refractivity (Wildman–Crippen MR) is 179 cm³/mol. The van der Waals surface area contributed by atoms with Crippen molar-refractivity contribution in [1.29, 1.82) is 0 Å². The first-order chi connectivity index (χ1) is 22.7. The van der Waals surface area contributed by atoms with Crippen LogP contribution in [0.25, 0.3) is 11.4 Å². The first-order valence-corrected chi connectivity index (χ1v) is 18.6. The molecule has 3 heterocycles. The Balaban J connectivity index is 1.73. The van der Waals surface area contributed by atoms with Crippen LogP contribution in [0.5, 0.6) is 0 Å². The standard InChI is InChI=1S/C32H31ClN6O8S2/c1-16-12-17(2)39(35-16)15-24-25(49(7,46)47)11-10-21(27(24)33)31(41)22-13-19(48(6,44)45)8-9-20(22)30(40)23-14-34-37(4)28(23)29-26(32(42)43)18(3)36-38(29)5/h8-14H,15H2,1-7H3,(H,42,43). The molecule has 3 aromatic heterocycles. The van der Waals surface area contributed by atoms with E-state index in [0.717, 1.165) is 18.6 Å². The first-order valence-electron chi connectivity index (χ1n) is 14.5. The van der Waals surface area contributed by atoms with Crippen LogP contribution in [0, 0.1) is 20.8 Å². The fourth-order valence-corrected chi connectivity index (χ4v) is 7.70. The molecule has 17 heteroatoms. The SMILES string of the molecule is Cc1cc(C)n(Cc2c(S(C)(=O)=O)ccc(C(=O)c3cc(S(C)(=O)=O)ccc3C(=O)c3cnn(C)c3-c3c(C(=O)O)c(C)nn3C)c2Cl)n1. The van der Waals surface area contributed by atoms with Crippen molar-refractivity contribution in [3.63, 3.8) is 0 Å². The van der Waals surface area contributed by atoms with E-state index in [1.54, 1.807) is 19.9 Å². The van der Waals surface area contributed by atoms with E-state index in [9.17, 15) is 36.3 Å². The van der Waals surface area contributed by atoms with Crippen LogP contribution in [0.15, 0.2) is 52.4 Å². The van der Waals surface area contributed by atoms with Gasteiger partial charge in [0, 0.05) is 54.6 Å². The van der Waals surface area contributed by atoms with E-state index in [-0.39, 0.29) is 71.8 Å². The number of carboxylic acids is 1. The molecule has 1 N–H and O–H groups in total. The van der Waals surface area contributed by atoms with E-state index >= 15 is 0 Å². The molecule has 0 saturated carbocycles. The molecule has 5 aromatic rings. The number of aromatic nitrogens is 6. The van der Waals surface area contributed by atoms with Crippen LogP contribution >= 0.6 is 11.6 Å². The minimum absolute atomic E-state index is 0.0793. The van der Waals surface area contributed by atoms with Gasteiger partial charge < -0.3 is 5.11 Å². The molecule has 5 rings (SSSR count). The van der Waals surface area contributed by atoms with Crippen molar-refractivity contribution in [3.8, 4) is 11.4 Å². The number of carbonyl (C=O) groups is 3. The highest BCUT2D eigenvalue weighted by atomic mass is 35.5. The molecule has 0 aliphatic rings. The Morgan fingerprint density at radius 3 is 2.00 bits per heavy atom. The summed E-state index contributed by atoms with van der Waals surface area (Å²) < 4.78 is 55.0. The topological polar surface area (TPSA) is 193 Å². The van der Waals surface area contributed by atoms with Gasteiger partial charge in [0.25, 0.3) is 0 Å². The molecule has 0 amide bonds. The monoisotopic (exact) mass is 726 g/mol. The molecule has 0 radical (unpaired) electrons. The van der Waals surface area contributed by atoms with Crippen LogP contribution in [-0.4, -0.2) is 81.3 Å². The van der Waals surface area contributed by atoms with Crippen molar-refractivity contribution in [3.05, 3.63) is 98.1 Å². The van der Waals surface area contributed by atoms with Crippen LogP contribution in [-0.2, 0) is 40.3 Å². The summed E-state index contributed by atoms with van der Waals surface area (Å²) in [6, 6.07) is 7.64. The highest BCUT2D eigenvalue weighted by molar-refractivity contribution is 7.91. The van der Waals surface area contributed by atoms with Gasteiger partial charge in [-0.2, -0.15) is 15.3 Å². The number of halogens is 1. The van der Waals surface area contributed by atoms with Gasteiger partial charge in [-0.3, -0.25) is 23.6 Å². The Bertz CT molecular complexity index is 2460. The van der Waals surface area contributed by atoms with Gasteiger partial charge in [0.2, 0.25) is 0 Å². The van der Waals surface area contributed by atoms with Crippen LogP contribution in [0.4, 0.5) is 0 Å². The highest BCUT2D eigenvalue weighted by Crippen LogP contribution is 2.34. The number of aromatic carboxylic acids is 1. The lowest BCUT2D eigenvalue weighted by Crippen LogP contribution is -2.16. The maximum atomic E-state index is 14.4. The molecule has 0 aliphatic carbocycles. The lowest BCUT2D eigenvalue weighted by atomic mass is 9.92. The summed E-state index contributed by atoms with van der Waals surface area (Å²) in [5.74, 6) is -2.91. The molecule has 0 bridgehead atoms. The third-order valence-electron chi connectivity index (χ3n) is 8.01. The molecule has 256 valence electrons. The zero-order valence-electron chi connectivity index (χ0n) is 27.4. The van der Waals surface area contributed by atoms with Crippen LogP contribution in [0.3, 0.4) is 0 Å². The zero-order chi connectivity index (χ0) is 36.3. The molecular weight excluding hydrogens is 696 g/mol. The van der Waals surface area contributed by atoms with Crippen LogP contribution in [0.1, 0.15) is 64.8 Å². The Morgan fingerprint density at radius 2 is 1.43 bits per heavy atom. The van der Waals surface area contributed by atoms with Crippen molar-refractivity contribution < 1.29 is 36.3 Å². The summed E-state index contributed by atoms with van der Waals surface area (Å²) in [4.78, 5) is 40.5. The molecule has 0 spiro atoms. The number of hydrogen-bond donors (Lipinski definition) is 1. The molecule has 0 aliphatic heterocycles. The van der Waals surface area contributed by atoms with Gasteiger partial charge in [0.05, 0.1) is 50.2 Å². The van der Waals surface area contributed by atoms with Crippen LogP contribution in [0.2, 0.25) is 5.02 Å². The van der Waals surface area contributed by atoms with Gasteiger partial charge in [-0.05, 0) is 57.2 Å². The zero-order valence-corrected chi connectivity index (χ0v) is 29.8. The third-order valence-corrected chi connectivity index (χ3v) is 10.7. The molecule has 14 nitrogen and oxygen atoms in total. The second-order valence-electron chi connectivity index (χ2n) is 11.7. The van der Waals surface area contributed by atoms with Gasteiger partial charge in [-0.1, -0.05) is 11.6 Å². The van der Waals surface area contributed by atoms with E-state index in [1.807, 2.05) is 0 Å². The molecule has 2 aromatic carbocycles. The maximum absolute atomic E-state index is 14.4. The number of carbonyl (C=O) groups excluding carboxylic acids is 2. The quantitative estimate of drug-likeness (QED) is 0.207. The second kappa shape index (κ2) is 12.5. The van der Waals surface area contributed by atoms with E-state index in [4.69, 9.17) is 11.6 Å². The molecule has 49 heavy (non-hydrogen) atoms. The third kappa shape index (κ3) is 6.46. The first kappa shape index (κ1) is 35.4. The van der Waals surface area contributed by atoms with E-state index in [2.05, 4.69) is 15.3 Å². The number of ketones is 2. The number of carboxylic acid groups (broad SMARTS) is 1. The van der Waals surface area contributed by atoms with Gasteiger partial charge in [0.15, 0.2) is 31.2 Å². The van der Waals surface area contributed by atoms with Gasteiger partial charge in [-0.25, -0.2) is 21.6 Å². The summed E-state index contributed by atoms with van der Waals surface area (Å²) in [7, 11) is -4.71. The lowest BCUT2D eigenvalue weighted by Gasteiger charge is -2.16. The number of rotatable bonds is 10. The average Bonchev–Trinajstić information content (AvgIpc) is 3.63. The normalized spacial score (nSPS) is 12.0. The highest BCUT2D eigenvalue weighted by Gasteiger charge is 2.32. The van der Waals surface area contributed by atoms with Crippen molar-refractivity contribution in [2.75, 3.05) is 12.5 Å². The summed E-state index contributed by atoms with van der Waals surface area (Å²) in [5.41, 5.74) is 0.841. The van der Waals surface area contributed by atoms with Gasteiger partial charge in [0.1, 0.15) is 11.3 Å². The van der Waals surface area contributed by atoms with Crippen molar-refractivity contribution in [2.24, 2.45) is 14.1 Å². The number of hydrogen-bond acceptors (Lipinski definition) is 10. The van der Waals surface area contributed by atoms with E-state index < -0.39 is 37.2 Å². The summed E-state index contributed by atoms with van der Waals surface area (Å²) >= 11 is 6.82. The molecule has 0 unspecified atom stereocenters. The fraction of sp³-hybridized carbons (Fsp3) is 0.250. The Morgan fingerprint density at radius 1 is 0.796 bits per heavy atom. The smallest absolute Gasteiger partial charge is 0.339 e. The predicted octanol–water partition coefficient (Wildman–Crippen LogP) is 3.61. The number of sulfone groups is 2. The van der Waals surface area contributed by atoms with E-state index in [0.29, 0.717) is 11.4 Å². The molecule has 0 fully saturated rings. The molecule has 0 atom stereocenters. The van der Waals surface area contributed by atoms with E-state index in [1.165, 1.54) is 65.5 Å². The number of nitrogens with zero attached hydrogens (tertiary/aromatic N) is 6. The van der Waals surface area contributed by atoms with Crippen molar-refractivity contribution >= 4 is 48.8 Å².